The molecule has 0 saturated heterocycles. The van der Waals surface area contributed by atoms with Crippen molar-refractivity contribution in [3.8, 4) is 0 Å². The lowest BCUT2D eigenvalue weighted by Crippen LogP contribution is -2.02. The van der Waals surface area contributed by atoms with Crippen LogP contribution in [-0.4, -0.2) is 20.5 Å². The largest absolute Gasteiger partial charge is 0.478 e. The second kappa shape index (κ2) is 4.77. The fourth-order valence-corrected chi connectivity index (χ4v) is 2.11. The number of carboxylic acids is 1. The lowest BCUT2D eigenvalue weighted by atomic mass is 10.1. The van der Waals surface area contributed by atoms with E-state index < -0.39 is 5.97 Å². The molecule has 0 atom stereocenters. The van der Waals surface area contributed by atoms with E-state index in [1.165, 1.54) is 18.3 Å². The smallest absolute Gasteiger partial charge is 0.337 e. The van der Waals surface area contributed by atoms with Gasteiger partial charge in [0.2, 0.25) is 0 Å². The third-order valence-electron chi connectivity index (χ3n) is 3.16. The summed E-state index contributed by atoms with van der Waals surface area (Å²) in [5.74, 6) is -0.690. The van der Waals surface area contributed by atoms with Crippen molar-refractivity contribution < 1.29 is 14.3 Å². The van der Waals surface area contributed by atoms with E-state index in [2.05, 4.69) is 4.98 Å². The molecule has 0 aliphatic heterocycles. The number of benzene rings is 1. The zero-order valence-electron chi connectivity index (χ0n) is 10.5. The average Bonchev–Trinajstić information content (AvgIpc) is 2.84. The van der Waals surface area contributed by atoms with Gasteiger partial charge in [0.1, 0.15) is 11.6 Å². The van der Waals surface area contributed by atoms with Crippen LogP contribution < -0.4 is 0 Å². The highest BCUT2D eigenvalue weighted by Crippen LogP contribution is 2.15. The zero-order chi connectivity index (χ0) is 14.1. The summed E-state index contributed by atoms with van der Waals surface area (Å²) in [5.41, 5.74) is 1.48. The topological polar surface area (TPSA) is 54.6 Å². The SMILES string of the molecule is O=C(O)c1ccc2cnc(Cc3ccccc3F)n2c1. The molecule has 0 aliphatic carbocycles. The Hall–Kier alpha value is -2.69. The highest BCUT2D eigenvalue weighted by molar-refractivity contribution is 5.87. The Morgan fingerprint density at radius 3 is 2.80 bits per heavy atom. The van der Waals surface area contributed by atoms with Gasteiger partial charge in [0.15, 0.2) is 0 Å². The number of carboxylic acid groups (broad SMARTS) is 1. The maximum absolute atomic E-state index is 13.7. The molecule has 5 heteroatoms. The minimum atomic E-state index is -1.00. The molecule has 0 unspecified atom stereocenters. The molecule has 0 spiro atoms. The number of imidazole rings is 1. The summed E-state index contributed by atoms with van der Waals surface area (Å²) in [6.07, 6.45) is 3.45. The van der Waals surface area contributed by atoms with Crippen LogP contribution in [-0.2, 0) is 6.42 Å². The van der Waals surface area contributed by atoms with Gasteiger partial charge in [-0.05, 0) is 23.8 Å². The molecule has 3 rings (SSSR count). The van der Waals surface area contributed by atoms with Crippen LogP contribution in [0.15, 0.2) is 48.8 Å². The standard InChI is InChI=1S/C15H11FN2O2/c16-13-4-2-1-3-10(13)7-14-17-8-12-6-5-11(15(19)20)9-18(12)14/h1-6,8-9H,7H2,(H,19,20). The molecule has 1 N–H and O–H groups in total. The monoisotopic (exact) mass is 270 g/mol. The molecule has 0 fully saturated rings. The first-order valence-corrected chi connectivity index (χ1v) is 6.08. The Labute approximate surface area is 114 Å². The van der Waals surface area contributed by atoms with Gasteiger partial charge in [0.05, 0.1) is 17.3 Å². The second-order valence-corrected chi connectivity index (χ2v) is 4.46. The number of hydrogen-bond acceptors (Lipinski definition) is 2. The first kappa shape index (κ1) is 12.3. The predicted molar refractivity (Wildman–Crippen MR) is 71.4 cm³/mol. The minimum absolute atomic E-state index is 0.172. The van der Waals surface area contributed by atoms with E-state index in [1.54, 1.807) is 34.9 Å². The summed E-state index contributed by atoms with van der Waals surface area (Å²) < 4.78 is 15.3. The zero-order valence-corrected chi connectivity index (χ0v) is 10.5. The van der Waals surface area contributed by atoms with Crippen LogP contribution >= 0.6 is 0 Å². The summed E-state index contributed by atoms with van der Waals surface area (Å²) in [6.45, 7) is 0. The summed E-state index contributed by atoms with van der Waals surface area (Å²) in [6, 6.07) is 9.68. The Morgan fingerprint density at radius 1 is 1.25 bits per heavy atom. The van der Waals surface area contributed by atoms with Gasteiger partial charge in [-0.2, -0.15) is 0 Å². The van der Waals surface area contributed by atoms with Crippen molar-refractivity contribution in [3.63, 3.8) is 0 Å². The summed E-state index contributed by atoms with van der Waals surface area (Å²) >= 11 is 0. The molecular formula is C15H11FN2O2. The molecule has 0 saturated carbocycles. The van der Waals surface area contributed by atoms with E-state index >= 15 is 0 Å². The van der Waals surface area contributed by atoms with E-state index in [0.29, 0.717) is 17.8 Å². The number of nitrogens with zero attached hydrogens (tertiary/aromatic N) is 2. The first-order chi connectivity index (χ1) is 9.65. The van der Waals surface area contributed by atoms with Gasteiger partial charge >= 0.3 is 5.97 Å². The van der Waals surface area contributed by atoms with Gasteiger partial charge in [-0.25, -0.2) is 14.2 Å². The van der Waals surface area contributed by atoms with Gasteiger partial charge in [0, 0.05) is 12.6 Å². The Bertz CT molecular complexity index is 795. The van der Waals surface area contributed by atoms with E-state index in [9.17, 15) is 9.18 Å². The maximum Gasteiger partial charge on any atom is 0.337 e. The molecule has 2 heterocycles. The number of pyridine rings is 1. The lowest BCUT2D eigenvalue weighted by Gasteiger charge is -2.04. The number of aromatic nitrogens is 2. The van der Waals surface area contributed by atoms with Crippen LogP contribution in [0, 0.1) is 5.82 Å². The van der Waals surface area contributed by atoms with Crippen molar-refractivity contribution in [2.75, 3.05) is 0 Å². The summed E-state index contributed by atoms with van der Waals surface area (Å²) in [7, 11) is 0. The van der Waals surface area contributed by atoms with Crippen molar-refractivity contribution in [3.05, 3.63) is 71.6 Å². The number of rotatable bonds is 3. The van der Waals surface area contributed by atoms with Crippen LogP contribution in [0.4, 0.5) is 4.39 Å². The van der Waals surface area contributed by atoms with Crippen molar-refractivity contribution in [2.24, 2.45) is 0 Å². The summed E-state index contributed by atoms with van der Waals surface area (Å²) in [5, 5.41) is 9.01. The Balaban J connectivity index is 2.06. The number of aromatic carboxylic acids is 1. The van der Waals surface area contributed by atoms with Gasteiger partial charge in [-0.3, -0.25) is 0 Å². The van der Waals surface area contributed by atoms with Crippen molar-refractivity contribution in [1.82, 2.24) is 9.38 Å². The van der Waals surface area contributed by atoms with Crippen molar-refractivity contribution in [1.29, 1.82) is 0 Å². The number of hydrogen-bond donors (Lipinski definition) is 1. The van der Waals surface area contributed by atoms with Crippen LogP contribution in [0.5, 0.6) is 0 Å². The van der Waals surface area contributed by atoms with E-state index in [4.69, 9.17) is 5.11 Å². The van der Waals surface area contributed by atoms with Gasteiger partial charge < -0.3 is 9.51 Å². The molecule has 4 nitrogen and oxygen atoms in total. The van der Waals surface area contributed by atoms with E-state index in [0.717, 1.165) is 5.52 Å². The average molecular weight is 270 g/mol. The van der Waals surface area contributed by atoms with Crippen LogP contribution in [0.3, 0.4) is 0 Å². The van der Waals surface area contributed by atoms with Crippen LogP contribution in [0.1, 0.15) is 21.7 Å². The Kier molecular flexibility index (Phi) is 2.95. The quantitative estimate of drug-likeness (QED) is 0.796. The fourth-order valence-electron chi connectivity index (χ4n) is 2.11. The third-order valence-corrected chi connectivity index (χ3v) is 3.16. The van der Waals surface area contributed by atoms with Crippen molar-refractivity contribution >= 4 is 11.5 Å². The molecule has 2 aromatic heterocycles. The van der Waals surface area contributed by atoms with E-state index in [-0.39, 0.29) is 11.4 Å². The van der Waals surface area contributed by atoms with Gasteiger partial charge in [-0.15, -0.1) is 0 Å². The Morgan fingerprint density at radius 2 is 2.05 bits per heavy atom. The van der Waals surface area contributed by atoms with Crippen molar-refractivity contribution in [2.45, 2.75) is 6.42 Å². The van der Waals surface area contributed by atoms with Gasteiger partial charge in [-0.1, -0.05) is 18.2 Å². The molecule has 0 aliphatic rings. The van der Waals surface area contributed by atoms with Crippen LogP contribution in [0.25, 0.3) is 5.52 Å². The van der Waals surface area contributed by atoms with Gasteiger partial charge in [0.25, 0.3) is 0 Å². The van der Waals surface area contributed by atoms with Crippen LogP contribution in [0.2, 0.25) is 0 Å². The molecule has 0 amide bonds. The maximum atomic E-state index is 13.7. The molecule has 20 heavy (non-hydrogen) atoms. The molecule has 100 valence electrons. The molecule has 0 bridgehead atoms. The normalized spacial score (nSPS) is 10.8. The fraction of sp³-hybridized carbons (Fsp3) is 0.0667. The molecular weight excluding hydrogens is 259 g/mol. The molecule has 1 aromatic carbocycles. The number of halogens is 1. The first-order valence-electron chi connectivity index (χ1n) is 6.08. The molecule has 3 aromatic rings. The highest BCUT2D eigenvalue weighted by Gasteiger charge is 2.10. The third kappa shape index (κ3) is 2.14. The highest BCUT2D eigenvalue weighted by atomic mass is 19.1. The number of fused-ring (bicyclic) bond motifs is 1. The lowest BCUT2D eigenvalue weighted by molar-refractivity contribution is 0.0696. The van der Waals surface area contributed by atoms with E-state index in [1.807, 2.05) is 0 Å². The second-order valence-electron chi connectivity index (χ2n) is 4.46. The molecule has 0 radical (unpaired) electrons. The summed E-state index contributed by atoms with van der Waals surface area (Å²) in [4.78, 5) is 15.2. The predicted octanol–water partition coefficient (Wildman–Crippen LogP) is 2.76. The number of carbonyl (C=O) groups is 1. The minimum Gasteiger partial charge on any atom is -0.478 e.